The zero-order valence-corrected chi connectivity index (χ0v) is 21.1. The van der Waals surface area contributed by atoms with Gasteiger partial charge in [0.1, 0.15) is 11.6 Å². The minimum Gasteiger partial charge on any atom is -0.206 e. The lowest BCUT2D eigenvalue weighted by Crippen LogP contribution is -1.95. The van der Waals surface area contributed by atoms with Crippen molar-refractivity contribution >= 4 is 0 Å². The molecule has 0 radical (unpaired) electrons. The molecule has 3 rings (SSSR count). The second-order valence-electron chi connectivity index (χ2n) is 8.92. The molecule has 0 fully saturated rings. The summed E-state index contributed by atoms with van der Waals surface area (Å²) in [6.45, 7) is 6.34. The molecule has 0 saturated heterocycles. The smallest absolute Gasteiger partial charge is 0.142 e. The highest BCUT2D eigenvalue weighted by Gasteiger charge is 2.09. The van der Waals surface area contributed by atoms with E-state index in [2.05, 4.69) is 68.7 Å². The Morgan fingerprint density at radius 2 is 1.23 bits per heavy atom. The van der Waals surface area contributed by atoms with Gasteiger partial charge in [0.15, 0.2) is 0 Å². The van der Waals surface area contributed by atoms with Crippen LogP contribution in [0.2, 0.25) is 0 Å². The molecule has 0 saturated carbocycles. The minimum atomic E-state index is -0.599. The molecule has 0 atom stereocenters. The second kappa shape index (κ2) is 13.5. The molecule has 0 unspecified atom stereocenters. The molecule has 0 bridgehead atoms. The predicted octanol–water partition coefficient (Wildman–Crippen LogP) is 8.40. The largest absolute Gasteiger partial charge is 0.206 e. The van der Waals surface area contributed by atoms with Gasteiger partial charge in [0.2, 0.25) is 0 Å². The average molecular weight is 469 g/mol. The van der Waals surface area contributed by atoms with E-state index in [1.807, 2.05) is 18.2 Å². The summed E-state index contributed by atoms with van der Waals surface area (Å²) in [4.78, 5) is 0. The maximum absolute atomic E-state index is 14.5. The third-order valence-corrected chi connectivity index (χ3v) is 6.10. The molecular weight excluding hydrogens is 434 g/mol. The molecule has 2 heteroatoms. The molecule has 0 aliphatic rings. The highest BCUT2D eigenvalue weighted by atomic mass is 19.1. The summed E-state index contributed by atoms with van der Waals surface area (Å²) in [5.41, 5.74) is 5.57. The highest BCUT2D eigenvalue weighted by molar-refractivity contribution is 5.52. The molecule has 0 amide bonds. The lowest BCUT2D eigenvalue weighted by atomic mass is 10.0. The second-order valence-corrected chi connectivity index (χ2v) is 8.92. The molecule has 0 aromatic heterocycles. The van der Waals surface area contributed by atoms with E-state index >= 15 is 0 Å². The van der Waals surface area contributed by atoms with Crippen LogP contribution in [0.5, 0.6) is 0 Å². The van der Waals surface area contributed by atoms with Gasteiger partial charge in [0.25, 0.3) is 0 Å². The first kappa shape index (κ1) is 26.2. The molecule has 3 aromatic carbocycles. The predicted molar refractivity (Wildman–Crippen MR) is 142 cm³/mol. The van der Waals surface area contributed by atoms with Crippen molar-refractivity contribution in [1.82, 2.24) is 0 Å². The van der Waals surface area contributed by atoms with Crippen LogP contribution in [0.4, 0.5) is 8.78 Å². The zero-order valence-electron chi connectivity index (χ0n) is 21.1. The van der Waals surface area contributed by atoms with Gasteiger partial charge in [0.05, 0.1) is 5.56 Å². The summed E-state index contributed by atoms with van der Waals surface area (Å²) >= 11 is 0. The number of unbranched alkanes of at least 4 members (excludes halogenated alkanes) is 3. The monoisotopic (exact) mass is 468 g/mol. The number of benzene rings is 3. The number of halogens is 2. The van der Waals surface area contributed by atoms with Crippen molar-refractivity contribution < 1.29 is 8.78 Å². The Morgan fingerprint density at radius 1 is 0.600 bits per heavy atom. The van der Waals surface area contributed by atoms with Crippen LogP contribution in [0.1, 0.15) is 91.8 Å². The van der Waals surface area contributed by atoms with Gasteiger partial charge in [-0.3, -0.25) is 0 Å². The van der Waals surface area contributed by atoms with Gasteiger partial charge in [-0.2, -0.15) is 0 Å². The first-order valence-electron chi connectivity index (χ1n) is 12.8. The zero-order chi connectivity index (χ0) is 25.0. The Labute approximate surface area is 209 Å². The number of hydrogen-bond acceptors (Lipinski definition) is 0. The first-order chi connectivity index (χ1) is 17.0. The van der Waals surface area contributed by atoms with E-state index in [4.69, 9.17) is 0 Å². The summed E-state index contributed by atoms with van der Waals surface area (Å²) in [5.74, 6) is 11.0. The Balaban J connectivity index is 1.76. The van der Waals surface area contributed by atoms with Gasteiger partial charge >= 0.3 is 0 Å². The van der Waals surface area contributed by atoms with Crippen LogP contribution in [0.15, 0.2) is 54.6 Å². The fourth-order valence-corrected chi connectivity index (χ4v) is 3.96. The molecule has 3 aromatic rings. The van der Waals surface area contributed by atoms with Gasteiger partial charge in [-0.25, -0.2) is 8.78 Å². The summed E-state index contributed by atoms with van der Waals surface area (Å²) < 4.78 is 28.9. The number of aryl methyl sites for hydroxylation is 3. The topological polar surface area (TPSA) is 0 Å². The molecule has 180 valence electrons. The molecule has 0 N–H and O–H groups in total. The fraction of sp³-hybridized carbons (Fsp3) is 0.333. The third kappa shape index (κ3) is 7.83. The lowest BCUT2D eigenvalue weighted by Gasteiger charge is -2.04. The Bertz CT molecular complexity index is 1220. The molecule has 0 spiro atoms. The van der Waals surface area contributed by atoms with Crippen molar-refractivity contribution in [2.75, 3.05) is 0 Å². The van der Waals surface area contributed by atoms with E-state index in [1.165, 1.54) is 37.0 Å². The summed E-state index contributed by atoms with van der Waals surface area (Å²) in [6.07, 6.45) is 8.18. The summed E-state index contributed by atoms with van der Waals surface area (Å²) in [7, 11) is 0. The SMILES string of the molecule is CCCCCc1ccc(C#Cc2ccc(C#Cc3c(F)cc(CCCC)cc3F)cc2CC)cc1. The van der Waals surface area contributed by atoms with Crippen molar-refractivity contribution in [1.29, 1.82) is 0 Å². The first-order valence-corrected chi connectivity index (χ1v) is 12.8. The Kier molecular flexibility index (Phi) is 10.1. The summed E-state index contributed by atoms with van der Waals surface area (Å²) in [6, 6.07) is 17.0. The van der Waals surface area contributed by atoms with Crippen molar-refractivity contribution in [2.45, 2.75) is 72.1 Å². The fourth-order valence-electron chi connectivity index (χ4n) is 3.96. The number of rotatable bonds is 8. The summed E-state index contributed by atoms with van der Waals surface area (Å²) in [5, 5.41) is 0. The average Bonchev–Trinajstić information content (AvgIpc) is 2.87. The van der Waals surface area contributed by atoms with E-state index < -0.39 is 11.6 Å². The molecule has 0 heterocycles. The van der Waals surface area contributed by atoms with E-state index in [9.17, 15) is 8.78 Å². The van der Waals surface area contributed by atoms with Crippen LogP contribution >= 0.6 is 0 Å². The van der Waals surface area contributed by atoms with Gasteiger partial charge in [-0.15, -0.1) is 0 Å². The van der Waals surface area contributed by atoms with Crippen LogP contribution in [0, 0.1) is 35.3 Å². The number of hydrogen-bond donors (Lipinski definition) is 0. The van der Waals surface area contributed by atoms with Crippen LogP contribution < -0.4 is 0 Å². The molecular formula is C33H34F2. The van der Waals surface area contributed by atoms with Crippen molar-refractivity contribution in [3.8, 4) is 23.7 Å². The van der Waals surface area contributed by atoms with Gasteiger partial charge in [-0.1, -0.05) is 75.8 Å². The maximum atomic E-state index is 14.5. The van der Waals surface area contributed by atoms with Crippen LogP contribution in [-0.2, 0) is 19.3 Å². The van der Waals surface area contributed by atoms with E-state index in [-0.39, 0.29) is 5.56 Å². The highest BCUT2D eigenvalue weighted by Crippen LogP contribution is 2.17. The van der Waals surface area contributed by atoms with E-state index in [0.29, 0.717) is 12.0 Å². The maximum Gasteiger partial charge on any atom is 0.142 e. The standard InChI is InChI=1S/C33H34F2/c1-4-7-9-11-25-12-14-26(15-13-25)16-19-30-20-17-27(22-29(30)6-3)18-21-31-32(34)23-28(10-8-5-2)24-33(31)35/h12-15,17,20,22-24H,4-11H2,1-3H3. The Morgan fingerprint density at radius 3 is 1.89 bits per heavy atom. The quantitative estimate of drug-likeness (QED) is 0.230. The minimum absolute atomic E-state index is 0.176. The normalized spacial score (nSPS) is 10.3. The van der Waals surface area contributed by atoms with Crippen LogP contribution in [0.3, 0.4) is 0 Å². The van der Waals surface area contributed by atoms with Crippen molar-refractivity contribution in [2.24, 2.45) is 0 Å². The van der Waals surface area contributed by atoms with Gasteiger partial charge < -0.3 is 0 Å². The van der Waals surface area contributed by atoms with Crippen molar-refractivity contribution in [3.63, 3.8) is 0 Å². The third-order valence-electron chi connectivity index (χ3n) is 6.10. The Hall–Kier alpha value is -3.36. The van der Waals surface area contributed by atoms with Crippen LogP contribution in [-0.4, -0.2) is 0 Å². The van der Waals surface area contributed by atoms with Gasteiger partial charge in [-0.05, 0) is 91.3 Å². The lowest BCUT2D eigenvalue weighted by molar-refractivity contribution is 0.572. The van der Waals surface area contributed by atoms with E-state index in [1.54, 1.807) is 0 Å². The molecule has 0 aliphatic carbocycles. The molecule has 0 nitrogen and oxygen atoms in total. The van der Waals surface area contributed by atoms with Crippen LogP contribution in [0.25, 0.3) is 0 Å². The molecule has 0 aliphatic heterocycles. The molecule has 35 heavy (non-hydrogen) atoms. The van der Waals surface area contributed by atoms with Gasteiger partial charge in [0, 0.05) is 16.7 Å². The van der Waals surface area contributed by atoms with Crippen molar-refractivity contribution in [3.05, 3.63) is 105 Å². The van der Waals surface area contributed by atoms with E-state index in [0.717, 1.165) is 47.9 Å².